The van der Waals surface area contributed by atoms with Crippen LogP contribution in [-0.2, 0) is 33.0 Å². The molecule has 0 aliphatic rings. The number of nitrogens with zero attached hydrogens (tertiary/aromatic N) is 4. The molecule has 4 aromatic heterocycles. The van der Waals surface area contributed by atoms with Gasteiger partial charge in [-0.25, -0.2) is 0 Å². The minimum Gasteiger partial charge on any atom is -0.388 e. The van der Waals surface area contributed by atoms with E-state index in [2.05, 4.69) is 49.1 Å². The first-order valence-corrected chi connectivity index (χ1v) is 15.2. The van der Waals surface area contributed by atoms with Crippen molar-refractivity contribution in [1.29, 1.82) is 5.41 Å². The molecule has 252 valence electrons. The summed E-state index contributed by atoms with van der Waals surface area (Å²) < 4.78 is 6.76. The van der Waals surface area contributed by atoms with Gasteiger partial charge in [0.05, 0.1) is 35.0 Å². The quantitative estimate of drug-likeness (QED) is 0.0813. The Hall–Kier alpha value is -5.84. The van der Waals surface area contributed by atoms with E-state index in [-0.39, 0.29) is 54.1 Å². The Morgan fingerprint density at radius 1 is 0.667 bits per heavy atom. The van der Waals surface area contributed by atoms with Gasteiger partial charge in [0, 0.05) is 65.9 Å². The van der Waals surface area contributed by atoms with Gasteiger partial charge in [0.1, 0.15) is 22.8 Å². The number of anilines is 4. The molecule has 0 spiro atoms. The number of amides is 5. The number of hydrogen-bond acceptors (Lipinski definition) is 6. The highest BCUT2D eigenvalue weighted by molar-refractivity contribution is 9.11. The fraction of sp³-hybridized carbons (Fsp3) is 0.226. The number of amidine groups is 1. The summed E-state index contributed by atoms with van der Waals surface area (Å²) >= 11 is 3.15. The summed E-state index contributed by atoms with van der Waals surface area (Å²) in [5.41, 5.74) is 7.98. The normalized spacial score (nSPS) is 10.7. The Balaban J connectivity index is 1.38. The molecule has 0 aliphatic carbocycles. The SMILES string of the molecule is C=C(Br)CC(=O)Nc1cc(C(=O)Nc2cc(C(=O)Nc3cc(C(=O)Nc4cc(C(=O)NCCC(=N)N)n(C)c4)n(C)c3)n(C)c2)n(C)c1. The second-order valence-corrected chi connectivity index (χ2v) is 12.2. The zero-order valence-corrected chi connectivity index (χ0v) is 28.3. The first-order chi connectivity index (χ1) is 22.6. The van der Waals surface area contributed by atoms with Crippen LogP contribution in [0.2, 0.25) is 0 Å². The average molecular weight is 723 g/mol. The molecule has 0 bridgehead atoms. The van der Waals surface area contributed by atoms with Crippen LogP contribution in [0, 0.1) is 5.41 Å². The van der Waals surface area contributed by atoms with Crippen molar-refractivity contribution in [2.75, 3.05) is 27.8 Å². The van der Waals surface area contributed by atoms with Gasteiger partial charge in [0.15, 0.2) is 0 Å². The van der Waals surface area contributed by atoms with Crippen molar-refractivity contribution < 1.29 is 24.0 Å². The Morgan fingerprint density at radius 2 is 1.00 bits per heavy atom. The van der Waals surface area contributed by atoms with Crippen molar-refractivity contribution in [2.45, 2.75) is 12.8 Å². The summed E-state index contributed by atoms with van der Waals surface area (Å²) in [4.78, 5) is 63.8. The highest BCUT2D eigenvalue weighted by Crippen LogP contribution is 2.21. The van der Waals surface area contributed by atoms with E-state index in [9.17, 15) is 24.0 Å². The van der Waals surface area contributed by atoms with Gasteiger partial charge in [-0.15, -0.1) is 0 Å². The fourth-order valence-corrected chi connectivity index (χ4v) is 5.06. The lowest BCUT2D eigenvalue weighted by Crippen LogP contribution is -2.28. The first-order valence-electron chi connectivity index (χ1n) is 14.4. The molecule has 4 heterocycles. The van der Waals surface area contributed by atoms with Gasteiger partial charge in [-0.3, -0.25) is 29.4 Å². The molecule has 4 rings (SSSR count). The third kappa shape index (κ3) is 8.69. The summed E-state index contributed by atoms with van der Waals surface area (Å²) in [5, 5.41) is 20.9. The van der Waals surface area contributed by atoms with Crippen molar-refractivity contribution in [2.24, 2.45) is 33.9 Å². The Bertz CT molecular complexity index is 1940. The summed E-state index contributed by atoms with van der Waals surface area (Å²) in [6.45, 7) is 3.86. The number of aryl methyl sites for hydroxylation is 4. The fourth-order valence-electron chi connectivity index (χ4n) is 4.80. The molecule has 8 N–H and O–H groups in total. The van der Waals surface area contributed by atoms with E-state index in [0.29, 0.717) is 32.9 Å². The maximum atomic E-state index is 13.2. The molecular weight excluding hydrogens is 686 g/mol. The Labute approximate surface area is 284 Å². The predicted octanol–water partition coefficient (Wildman–Crippen LogP) is 3.09. The Morgan fingerprint density at radius 3 is 1.33 bits per heavy atom. The lowest BCUT2D eigenvalue weighted by atomic mass is 10.3. The van der Waals surface area contributed by atoms with Gasteiger partial charge in [-0.05, 0) is 28.7 Å². The monoisotopic (exact) mass is 721 g/mol. The molecule has 0 radical (unpaired) electrons. The number of aromatic nitrogens is 4. The third-order valence-electron chi connectivity index (χ3n) is 7.04. The van der Waals surface area contributed by atoms with Gasteiger partial charge in [-0.1, -0.05) is 22.5 Å². The number of hydrogen-bond donors (Lipinski definition) is 7. The van der Waals surface area contributed by atoms with Crippen LogP contribution in [0.4, 0.5) is 22.7 Å². The number of halogens is 1. The molecule has 0 aromatic carbocycles. The predicted molar refractivity (Wildman–Crippen MR) is 186 cm³/mol. The molecule has 16 nitrogen and oxygen atoms in total. The van der Waals surface area contributed by atoms with Gasteiger partial charge >= 0.3 is 0 Å². The van der Waals surface area contributed by atoms with Crippen LogP contribution >= 0.6 is 15.9 Å². The van der Waals surface area contributed by atoms with E-state index < -0.39 is 17.7 Å². The molecule has 0 aliphatic heterocycles. The number of rotatable bonds is 13. The molecule has 0 saturated heterocycles. The van der Waals surface area contributed by atoms with Crippen LogP contribution in [0.15, 0.2) is 60.1 Å². The average Bonchev–Trinajstić information content (AvgIpc) is 3.73. The van der Waals surface area contributed by atoms with E-state index in [1.807, 2.05) is 0 Å². The maximum Gasteiger partial charge on any atom is 0.272 e. The summed E-state index contributed by atoms with van der Waals surface area (Å²) in [7, 11) is 6.64. The van der Waals surface area contributed by atoms with Crippen LogP contribution in [0.3, 0.4) is 0 Å². The lowest BCUT2D eigenvalue weighted by Gasteiger charge is -2.04. The summed E-state index contributed by atoms with van der Waals surface area (Å²) in [5.74, 6) is -2.08. The highest BCUT2D eigenvalue weighted by Gasteiger charge is 2.20. The van der Waals surface area contributed by atoms with Crippen LogP contribution in [0.25, 0.3) is 0 Å². The number of nitrogens with two attached hydrogens (primary N) is 1. The zero-order valence-electron chi connectivity index (χ0n) is 26.7. The van der Waals surface area contributed by atoms with E-state index in [1.165, 1.54) is 24.3 Å². The van der Waals surface area contributed by atoms with Crippen LogP contribution in [0.1, 0.15) is 54.8 Å². The highest BCUT2D eigenvalue weighted by atomic mass is 79.9. The van der Waals surface area contributed by atoms with Gasteiger partial charge in [0.2, 0.25) is 5.91 Å². The number of carbonyl (C=O) groups is 5. The van der Waals surface area contributed by atoms with E-state index in [1.54, 1.807) is 71.2 Å². The van der Waals surface area contributed by atoms with Crippen molar-refractivity contribution in [3.8, 4) is 0 Å². The smallest absolute Gasteiger partial charge is 0.272 e. The van der Waals surface area contributed by atoms with Crippen LogP contribution in [0.5, 0.6) is 0 Å². The first kappa shape index (κ1) is 35.0. The molecule has 0 saturated carbocycles. The molecule has 48 heavy (non-hydrogen) atoms. The topological polar surface area (TPSA) is 215 Å². The van der Waals surface area contributed by atoms with Gasteiger partial charge in [-0.2, -0.15) is 0 Å². The second-order valence-electron chi connectivity index (χ2n) is 11.0. The van der Waals surface area contributed by atoms with Crippen LogP contribution < -0.4 is 32.3 Å². The molecule has 0 atom stereocenters. The van der Waals surface area contributed by atoms with Crippen molar-refractivity contribution >= 4 is 74.1 Å². The lowest BCUT2D eigenvalue weighted by molar-refractivity contribution is -0.115. The van der Waals surface area contributed by atoms with Crippen LogP contribution in [-0.4, -0.2) is 60.2 Å². The number of nitrogens with one attached hydrogen (secondary N) is 6. The number of carbonyl (C=O) groups excluding carboxylic acids is 5. The van der Waals surface area contributed by atoms with Crippen molar-refractivity contribution in [1.82, 2.24) is 23.6 Å². The molecule has 17 heteroatoms. The standard InChI is InChI=1S/C31H36BrN11O5/c1-17(32)8-27(44)36-18-9-23(41(3)13-18)29(46)38-20-11-25(43(5)15-20)31(48)39-21-12-24(42(4)16-21)30(47)37-19-10-22(40(2)14-19)28(45)35-7-6-26(33)34/h9-16H,1,6-8H2,2-5H3,(H3,33,34)(H,35,45)(H,36,44)(H,37,47)(H,38,46)(H,39,48). The largest absolute Gasteiger partial charge is 0.388 e. The Kier molecular flexibility index (Phi) is 10.7. The summed E-state index contributed by atoms with van der Waals surface area (Å²) in [6.07, 6.45) is 6.68. The summed E-state index contributed by atoms with van der Waals surface area (Å²) in [6, 6.07) is 6.09. The molecule has 0 unspecified atom stereocenters. The van der Waals surface area contributed by atoms with Gasteiger partial charge < -0.3 is 50.6 Å². The van der Waals surface area contributed by atoms with Crippen molar-refractivity contribution in [3.05, 3.63) is 82.9 Å². The molecule has 0 fully saturated rings. The molecule has 5 amide bonds. The van der Waals surface area contributed by atoms with Crippen molar-refractivity contribution in [3.63, 3.8) is 0 Å². The minimum absolute atomic E-state index is 0.0357. The zero-order chi connectivity index (χ0) is 35.3. The molecule has 4 aromatic rings. The second kappa shape index (κ2) is 14.7. The van der Waals surface area contributed by atoms with E-state index >= 15 is 0 Å². The van der Waals surface area contributed by atoms with E-state index in [4.69, 9.17) is 11.1 Å². The van der Waals surface area contributed by atoms with E-state index in [0.717, 1.165) is 0 Å². The third-order valence-corrected chi connectivity index (χ3v) is 7.32. The van der Waals surface area contributed by atoms with Gasteiger partial charge in [0.25, 0.3) is 23.6 Å². The molecular formula is C31H36BrN11O5. The maximum absolute atomic E-state index is 13.2. The minimum atomic E-state index is -0.476.